The van der Waals surface area contributed by atoms with E-state index in [9.17, 15) is 0 Å². The lowest BCUT2D eigenvalue weighted by Crippen LogP contribution is -1.95. The van der Waals surface area contributed by atoms with Crippen LogP contribution in [-0.2, 0) is 6.61 Å². The van der Waals surface area contributed by atoms with Crippen LogP contribution >= 0.6 is 0 Å². The smallest absolute Gasteiger partial charge is 0.181 e. The molecule has 1 aromatic heterocycles. The number of hydrogen-bond acceptors (Lipinski definition) is 4. The number of nitrogen functional groups attached to an aromatic ring is 1. The average molecular weight is 240 g/mol. The Morgan fingerprint density at radius 1 is 1.11 bits per heavy atom. The quantitative estimate of drug-likeness (QED) is 0.715. The molecule has 0 saturated heterocycles. The Morgan fingerprint density at radius 3 is 2.78 bits per heavy atom. The maximum atomic E-state index is 5.69. The SMILES string of the molecule is Nc1ccc(COc2ccc3ocnc3c2)cc1. The van der Waals surface area contributed by atoms with Crippen molar-refractivity contribution in [1.82, 2.24) is 4.98 Å². The van der Waals surface area contributed by atoms with Gasteiger partial charge in [-0.15, -0.1) is 0 Å². The Labute approximate surface area is 104 Å². The van der Waals surface area contributed by atoms with E-state index in [0.717, 1.165) is 28.1 Å². The van der Waals surface area contributed by atoms with Crippen molar-refractivity contribution in [2.45, 2.75) is 6.61 Å². The second-order valence-electron chi connectivity index (χ2n) is 4.01. The van der Waals surface area contributed by atoms with E-state index in [-0.39, 0.29) is 0 Å². The van der Waals surface area contributed by atoms with Crippen molar-refractivity contribution >= 4 is 16.8 Å². The van der Waals surface area contributed by atoms with E-state index in [0.29, 0.717) is 6.61 Å². The highest BCUT2D eigenvalue weighted by atomic mass is 16.5. The van der Waals surface area contributed by atoms with E-state index in [1.807, 2.05) is 42.5 Å². The molecule has 4 nitrogen and oxygen atoms in total. The first-order valence-corrected chi connectivity index (χ1v) is 5.62. The van der Waals surface area contributed by atoms with Crippen LogP contribution in [0, 0.1) is 0 Å². The number of oxazole rings is 1. The zero-order valence-electron chi connectivity index (χ0n) is 9.67. The molecular formula is C14H12N2O2. The summed E-state index contributed by atoms with van der Waals surface area (Å²) < 4.78 is 10.9. The molecule has 0 aliphatic carbocycles. The third-order valence-corrected chi connectivity index (χ3v) is 2.69. The molecule has 0 aliphatic heterocycles. The van der Waals surface area contributed by atoms with Crippen LogP contribution < -0.4 is 10.5 Å². The summed E-state index contributed by atoms with van der Waals surface area (Å²) in [6.07, 6.45) is 1.43. The van der Waals surface area contributed by atoms with Gasteiger partial charge in [-0.1, -0.05) is 12.1 Å². The summed E-state index contributed by atoms with van der Waals surface area (Å²) in [5, 5.41) is 0. The molecule has 0 bridgehead atoms. The van der Waals surface area contributed by atoms with Crippen molar-refractivity contribution in [3.63, 3.8) is 0 Å². The topological polar surface area (TPSA) is 61.3 Å². The van der Waals surface area contributed by atoms with Crippen molar-refractivity contribution in [1.29, 1.82) is 0 Å². The summed E-state index contributed by atoms with van der Waals surface area (Å²) in [6.45, 7) is 0.504. The summed E-state index contributed by atoms with van der Waals surface area (Å²) in [7, 11) is 0. The molecule has 18 heavy (non-hydrogen) atoms. The molecule has 2 aromatic carbocycles. The van der Waals surface area contributed by atoms with Crippen molar-refractivity contribution < 1.29 is 9.15 Å². The van der Waals surface area contributed by atoms with E-state index in [1.165, 1.54) is 6.39 Å². The van der Waals surface area contributed by atoms with Gasteiger partial charge in [0.1, 0.15) is 17.9 Å². The van der Waals surface area contributed by atoms with Gasteiger partial charge >= 0.3 is 0 Å². The van der Waals surface area contributed by atoms with Gasteiger partial charge in [-0.2, -0.15) is 0 Å². The molecule has 0 unspecified atom stereocenters. The minimum atomic E-state index is 0.504. The molecule has 0 spiro atoms. The maximum Gasteiger partial charge on any atom is 0.181 e. The highest BCUT2D eigenvalue weighted by Crippen LogP contribution is 2.20. The van der Waals surface area contributed by atoms with Gasteiger partial charge in [0.25, 0.3) is 0 Å². The number of benzene rings is 2. The Hall–Kier alpha value is -2.49. The molecule has 4 heteroatoms. The zero-order valence-corrected chi connectivity index (χ0v) is 9.67. The maximum absolute atomic E-state index is 5.69. The third-order valence-electron chi connectivity index (χ3n) is 2.69. The Balaban J connectivity index is 1.74. The highest BCUT2D eigenvalue weighted by Gasteiger charge is 2.01. The van der Waals surface area contributed by atoms with Crippen LogP contribution in [0.4, 0.5) is 5.69 Å². The second-order valence-corrected chi connectivity index (χ2v) is 4.01. The minimum Gasteiger partial charge on any atom is -0.489 e. The second kappa shape index (κ2) is 4.41. The van der Waals surface area contributed by atoms with Gasteiger partial charge < -0.3 is 14.9 Å². The van der Waals surface area contributed by atoms with Crippen LogP contribution in [0.1, 0.15) is 5.56 Å². The number of fused-ring (bicyclic) bond motifs is 1. The van der Waals surface area contributed by atoms with Crippen molar-refractivity contribution in [3.8, 4) is 5.75 Å². The van der Waals surface area contributed by atoms with E-state index in [4.69, 9.17) is 14.9 Å². The molecular weight excluding hydrogens is 228 g/mol. The monoisotopic (exact) mass is 240 g/mol. The molecule has 1 heterocycles. The summed E-state index contributed by atoms with van der Waals surface area (Å²) in [5.41, 5.74) is 9.01. The zero-order chi connectivity index (χ0) is 12.4. The van der Waals surface area contributed by atoms with Gasteiger partial charge in [0.2, 0.25) is 0 Å². The molecule has 90 valence electrons. The predicted octanol–water partition coefficient (Wildman–Crippen LogP) is 2.99. The number of rotatable bonds is 3. The molecule has 0 radical (unpaired) electrons. The van der Waals surface area contributed by atoms with Gasteiger partial charge in [-0.05, 0) is 29.8 Å². The molecule has 3 aromatic rings. The van der Waals surface area contributed by atoms with Gasteiger partial charge in [-0.25, -0.2) is 4.98 Å². The van der Waals surface area contributed by atoms with Gasteiger partial charge in [0, 0.05) is 11.8 Å². The average Bonchev–Trinajstić information content (AvgIpc) is 2.85. The van der Waals surface area contributed by atoms with Crippen LogP contribution in [0.5, 0.6) is 5.75 Å². The third kappa shape index (κ3) is 2.13. The lowest BCUT2D eigenvalue weighted by molar-refractivity contribution is 0.306. The van der Waals surface area contributed by atoms with E-state index >= 15 is 0 Å². The summed E-state index contributed by atoms with van der Waals surface area (Å²) in [5.74, 6) is 0.772. The fourth-order valence-corrected chi connectivity index (χ4v) is 1.71. The number of nitrogens with two attached hydrogens (primary N) is 1. The molecule has 0 saturated carbocycles. The van der Waals surface area contributed by atoms with Crippen LogP contribution in [0.25, 0.3) is 11.1 Å². The van der Waals surface area contributed by atoms with Gasteiger partial charge in [-0.3, -0.25) is 0 Å². The van der Waals surface area contributed by atoms with Gasteiger partial charge in [0.15, 0.2) is 12.0 Å². The summed E-state index contributed by atoms with van der Waals surface area (Å²) >= 11 is 0. The number of hydrogen-bond donors (Lipinski definition) is 1. The molecule has 0 fully saturated rings. The first-order valence-electron chi connectivity index (χ1n) is 5.62. The van der Waals surface area contributed by atoms with Gasteiger partial charge in [0.05, 0.1) is 0 Å². The number of anilines is 1. The van der Waals surface area contributed by atoms with E-state index < -0.39 is 0 Å². The first-order chi connectivity index (χ1) is 8.81. The Morgan fingerprint density at radius 2 is 1.94 bits per heavy atom. The lowest BCUT2D eigenvalue weighted by atomic mass is 10.2. The van der Waals surface area contributed by atoms with Crippen molar-refractivity contribution in [2.24, 2.45) is 0 Å². The largest absolute Gasteiger partial charge is 0.489 e. The van der Waals surface area contributed by atoms with Crippen LogP contribution in [0.2, 0.25) is 0 Å². The van der Waals surface area contributed by atoms with Crippen LogP contribution in [0.3, 0.4) is 0 Å². The molecule has 0 aliphatic rings. The molecule has 2 N–H and O–H groups in total. The normalized spacial score (nSPS) is 10.7. The lowest BCUT2D eigenvalue weighted by Gasteiger charge is -2.06. The summed E-state index contributed by atoms with van der Waals surface area (Å²) in [4.78, 5) is 4.08. The van der Waals surface area contributed by atoms with E-state index in [1.54, 1.807) is 0 Å². The molecule has 0 atom stereocenters. The fourth-order valence-electron chi connectivity index (χ4n) is 1.71. The van der Waals surface area contributed by atoms with Crippen LogP contribution in [-0.4, -0.2) is 4.98 Å². The molecule has 3 rings (SSSR count). The number of nitrogens with zero attached hydrogens (tertiary/aromatic N) is 1. The first kappa shape index (κ1) is 10.7. The standard InChI is InChI=1S/C14H12N2O2/c15-11-3-1-10(2-4-11)8-17-12-5-6-14-13(7-12)16-9-18-14/h1-7,9H,8,15H2. The minimum absolute atomic E-state index is 0.504. The Kier molecular flexibility index (Phi) is 2.61. The summed E-state index contributed by atoms with van der Waals surface area (Å²) in [6, 6.07) is 13.2. The fraction of sp³-hybridized carbons (Fsp3) is 0.0714. The van der Waals surface area contributed by atoms with Crippen LogP contribution in [0.15, 0.2) is 53.3 Å². The number of aromatic nitrogens is 1. The molecule has 0 amide bonds. The van der Waals surface area contributed by atoms with Crippen molar-refractivity contribution in [2.75, 3.05) is 5.73 Å². The number of ether oxygens (including phenoxy) is 1. The Bertz CT molecular complexity index is 659. The van der Waals surface area contributed by atoms with Crippen molar-refractivity contribution in [3.05, 3.63) is 54.4 Å². The van der Waals surface area contributed by atoms with E-state index in [2.05, 4.69) is 4.98 Å². The predicted molar refractivity (Wildman–Crippen MR) is 69.2 cm³/mol. The highest BCUT2D eigenvalue weighted by molar-refractivity contribution is 5.73.